The standard InChI is InChI=1S/C12H19ClN4OS/c1-5-17(6-2)11(18)8-19-12-14-9(13)7-10(15-12)16(3)4/h7H,5-6,8H2,1-4H3. The summed E-state index contributed by atoms with van der Waals surface area (Å²) in [5, 5.41) is 0.910. The highest BCUT2D eigenvalue weighted by molar-refractivity contribution is 7.99. The zero-order valence-electron chi connectivity index (χ0n) is 11.7. The van der Waals surface area contributed by atoms with Crippen LogP contribution in [0.1, 0.15) is 13.8 Å². The van der Waals surface area contributed by atoms with Crippen molar-refractivity contribution in [2.45, 2.75) is 19.0 Å². The molecule has 0 aliphatic rings. The third-order valence-corrected chi connectivity index (χ3v) is 3.59. The number of carbonyl (C=O) groups excluding carboxylic acids is 1. The molecular formula is C12H19ClN4OS. The minimum Gasteiger partial charge on any atom is -0.363 e. The van der Waals surface area contributed by atoms with Gasteiger partial charge in [-0.15, -0.1) is 0 Å². The molecule has 0 saturated carbocycles. The highest BCUT2D eigenvalue weighted by Crippen LogP contribution is 2.20. The molecule has 0 aliphatic carbocycles. The van der Waals surface area contributed by atoms with Crippen LogP contribution in [-0.4, -0.2) is 53.7 Å². The monoisotopic (exact) mass is 302 g/mol. The van der Waals surface area contributed by atoms with E-state index in [9.17, 15) is 4.79 Å². The van der Waals surface area contributed by atoms with Gasteiger partial charge in [0, 0.05) is 33.3 Å². The van der Waals surface area contributed by atoms with Gasteiger partial charge in [-0.2, -0.15) is 0 Å². The van der Waals surface area contributed by atoms with Crippen molar-refractivity contribution < 1.29 is 4.79 Å². The van der Waals surface area contributed by atoms with E-state index in [0.29, 0.717) is 16.1 Å². The Kier molecular flexibility index (Phi) is 6.37. The minimum atomic E-state index is 0.0879. The predicted octanol–water partition coefficient (Wildman–Crippen LogP) is 2.16. The smallest absolute Gasteiger partial charge is 0.233 e. The Bertz CT molecular complexity index is 438. The second-order valence-electron chi connectivity index (χ2n) is 4.08. The average molecular weight is 303 g/mol. The molecule has 0 bridgehead atoms. The molecule has 0 spiro atoms. The van der Waals surface area contributed by atoms with Gasteiger partial charge in [-0.3, -0.25) is 4.79 Å². The summed E-state index contributed by atoms with van der Waals surface area (Å²) in [5.41, 5.74) is 0. The SMILES string of the molecule is CCN(CC)C(=O)CSc1nc(Cl)cc(N(C)C)n1. The summed E-state index contributed by atoms with van der Waals surface area (Å²) >= 11 is 7.25. The van der Waals surface area contributed by atoms with Crippen molar-refractivity contribution in [3.05, 3.63) is 11.2 Å². The van der Waals surface area contributed by atoms with Crippen LogP contribution in [0.3, 0.4) is 0 Å². The zero-order valence-corrected chi connectivity index (χ0v) is 13.3. The summed E-state index contributed by atoms with van der Waals surface area (Å²) in [5.74, 6) is 1.15. The average Bonchev–Trinajstić information content (AvgIpc) is 2.37. The summed E-state index contributed by atoms with van der Waals surface area (Å²) in [6, 6.07) is 1.69. The van der Waals surface area contributed by atoms with E-state index in [1.165, 1.54) is 11.8 Å². The molecule has 0 aromatic carbocycles. The largest absolute Gasteiger partial charge is 0.363 e. The highest BCUT2D eigenvalue weighted by atomic mass is 35.5. The fourth-order valence-electron chi connectivity index (χ4n) is 1.47. The number of amides is 1. The van der Waals surface area contributed by atoms with Gasteiger partial charge in [-0.25, -0.2) is 9.97 Å². The first-order valence-electron chi connectivity index (χ1n) is 6.10. The van der Waals surface area contributed by atoms with Crippen LogP contribution < -0.4 is 4.90 Å². The number of hydrogen-bond acceptors (Lipinski definition) is 5. The maximum absolute atomic E-state index is 11.9. The van der Waals surface area contributed by atoms with Gasteiger partial charge >= 0.3 is 0 Å². The van der Waals surface area contributed by atoms with Crippen LogP contribution in [0.15, 0.2) is 11.2 Å². The lowest BCUT2D eigenvalue weighted by Crippen LogP contribution is -2.31. The van der Waals surface area contributed by atoms with E-state index >= 15 is 0 Å². The molecule has 0 saturated heterocycles. The first kappa shape index (κ1) is 16.0. The third kappa shape index (κ3) is 4.87. The Balaban J connectivity index is 2.70. The number of rotatable bonds is 6. The molecule has 106 valence electrons. The van der Waals surface area contributed by atoms with E-state index in [4.69, 9.17) is 11.6 Å². The van der Waals surface area contributed by atoms with E-state index in [0.717, 1.165) is 18.9 Å². The van der Waals surface area contributed by atoms with Crippen molar-refractivity contribution in [2.75, 3.05) is 37.8 Å². The predicted molar refractivity (Wildman–Crippen MR) is 80.0 cm³/mol. The van der Waals surface area contributed by atoms with E-state index in [2.05, 4.69) is 9.97 Å². The van der Waals surface area contributed by atoms with E-state index < -0.39 is 0 Å². The Labute approximate surface area is 123 Å². The van der Waals surface area contributed by atoms with E-state index in [1.54, 1.807) is 11.0 Å². The van der Waals surface area contributed by atoms with Crippen LogP contribution in [0, 0.1) is 0 Å². The number of nitrogens with zero attached hydrogens (tertiary/aromatic N) is 4. The number of anilines is 1. The second kappa shape index (κ2) is 7.55. The molecular weight excluding hydrogens is 284 g/mol. The second-order valence-corrected chi connectivity index (χ2v) is 5.41. The molecule has 1 rings (SSSR count). The summed E-state index contributed by atoms with van der Waals surface area (Å²) < 4.78 is 0. The number of carbonyl (C=O) groups is 1. The highest BCUT2D eigenvalue weighted by Gasteiger charge is 2.12. The lowest BCUT2D eigenvalue weighted by atomic mass is 10.5. The van der Waals surface area contributed by atoms with Crippen LogP contribution in [-0.2, 0) is 4.79 Å². The summed E-state index contributed by atoms with van der Waals surface area (Å²) in [6.45, 7) is 5.36. The van der Waals surface area contributed by atoms with Gasteiger partial charge in [0.25, 0.3) is 0 Å². The zero-order chi connectivity index (χ0) is 14.4. The van der Waals surface area contributed by atoms with E-state index in [-0.39, 0.29) is 5.91 Å². The fraction of sp³-hybridized carbons (Fsp3) is 0.583. The van der Waals surface area contributed by atoms with Gasteiger partial charge in [0.1, 0.15) is 11.0 Å². The molecule has 0 aliphatic heterocycles. The van der Waals surface area contributed by atoms with Crippen LogP contribution >= 0.6 is 23.4 Å². The van der Waals surface area contributed by atoms with Crippen molar-refractivity contribution in [1.82, 2.24) is 14.9 Å². The van der Waals surface area contributed by atoms with Crippen molar-refractivity contribution in [2.24, 2.45) is 0 Å². The molecule has 0 N–H and O–H groups in total. The van der Waals surface area contributed by atoms with Crippen LogP contribution in [0.25, 0.3) is 0 Å². The first-order valence-corrected chi connectivity index (χ1v) is 7.46. The van der Waals surface area contributed by atoms with Crippen molar-refractivity contribution in [3.8, 4) is 0 Å². The molecule has 5 nitrogen and oxygen atoms in total. The normalized spacial score (nSPS) is 10.4. The minimum absolute atomic E-state index is 0.0879. The molecule has 1 heterocycles. The molecule has 0 atom stereocenters. The Hall–Kier alpha value is -1.01. The lowest BCUT2D eigenvalue weighted by molar-refractivity contribution is -0.127. The number of aromatic nitrogens is 2. The Morgan fingerprint density at radius 3 is 2.47 bits per heavy atom. The molecule has 1 aromatic heterocycles. The molecule has 7 heteroatoms. The van der Waals surface area contributed by atoms with Crippen LogP contribution in [0.2, 0.25) is 5.15 Å². The lowest BCUT2D eigenvalue weighted by Gasteiger charge is -2.18. The van der Waals surface area contributed by atoms with Crippen LogP contribution in [0.5, 0.6) is 0 Å². The van der Waals surface area contributed by atoms with Gasteiger partial charge in [-0.05, 0) is 13.8 Å². The Morgan fingerprint density at radius 2 is 1.95 bits per heavy atom. The quantitative estimate of drug-likeness (QED) is 0.458. The molecule has 1 amide bonds. The topological polar surface area (TPSA) is 49.3 Å². The third-order valence-electron chi connectivity index (χ3n) is 2.56. The molecule has 0 fully saturated rings. The van der Waals surface area contributed by atoms with Gasteiger partial charge in [0.15, 0.2) is 5.16 Å². The van der Waals surface area contributed by atoms with Gasteiger partial charge in [0.05, 0.1) is 5.75 Å². The Morgan fingerprint density at radius 1 is 1.32 bits per heavy atom. The van der Waals surface area contributed by atoms with Gasteiger partial charge < -0.3 is 9.80 Å². The van der Waals surface area contributed by atoms with Crippen molar-refractivity contribution in [1.29, 1.82) is 0 Å². The van der Waals surface area contributed by atoms with Gasteiger partial charge in [0.2, 0.25) is 5.91 Å². The molecule has 0 radical (unpaired) electrons. The van der Waals surface area contributed by atoms with Gasteiger partial charge in [-0.1, -0.05) is 23.4 Å². The maximum Gasteiger partial charge on any atom is 0.233 e. The molecule has 0 unspecified atom stereocenters. The summed E-state index contributed by atoms with van der Waals surface area (Å²) in [4.78, 5) is 24.0. The fourth-order valence-corrected chi connectivity index (χ4v) is 2.46. The number of halogens is 1. The van der Waals surface area contributed by atoms with Crippen LogP contribution in [0.4, 0.5) is 5.82 Å². The number of hydrogen-bond donors (Lipinski definition) is 0. The molecule has 19 heavy (non-hydrogen) atoms. The first-order chi connectivity index (χ1) is 8.97. The van der Waals surface area contributed by atoms with Crippen molar-refractivity contribution in [3.63, 3.8) is 0 Å². The number of thioether (sulfide) groups is 1. The van der Waals surface area contributed by atoms with Crippen molar-refractivity contribution >= 4 is 35.1 Å². The summed E-state index contributed by atoms with van der Waals surface area (Å²) in [6.07, 6.45) is 0. The van der Waals surface area contributed by atoms with E-state index in [1.807, 2.05) is 32.8 Å². The molecule has 1 aromatic rings. The summed E-state index contributed by atoms with van der Waals surface area (Å²) in [7, 11) is 3.77. The maximum atomic E-state index is 11.9.